The Hall–Kier alpha value is -4.31. The third-order valence-electron chi connectivity index (χ3n) is 5.59. The van der Waals surface area contributed by atoms with Gasteiger partial charge >= 0.3 is 6.18 Å². The van der Waals surface area contributed by atoms with Crippen LogP contribution in [0.25, 0.3) is 16.9 Å². The van der Waals surface area contributed by atoms with Gasteiger partial charge in [-0.1, -0.05) is 24.3 Å². The van der Waals surface area contributed by atoms with E-state index in [1.165, 1.54) is 35.0 Å². The molecule has 5 aromatic rings. The molecule has 0 atom stereocenters. The number of thiazole rings is 1. The lowest BCUT2D eigenvalue weighted by atomic mass is 10.1. The monoisotopic (exact) mass is 521 g/mol. The maximum atomic E-state index is 13.6. The fourth-order valence-electron chi connectivity index (χ4n) is 3.70. The van der Waals surface area contributed by atoms with Crippen LogP contribution in [0.1, 0.15) is 18.1 Å². The molecule has 0 unspecified atom stereocenters. The summed E-state index contributed by atoms with van der Waals surface area (Å²) in [6, 6.07) is 18.6. The summed E-state index contributed by atoms with van der Waals surface area (Å²) in [5.41, 5.74) is 2.52. The Kier molecular flexibility index (Phi) is 6.58. The summed E-state index contributed by atoms with van der Waals surface area (Å²) in [7, 11) is 0. The molecule has 5 rings (SSSR count). The van der Waals surface area contributed by atoms with E-state index in [0.29, 0.717) is 17.0 Å². The minimum Gasteiger partial charge on any atom is -0.306 e. The fraction of sp³-hybridized carbons (Fsp3) is 0.0741. The van der Waals surface area contributed by atoms with Crippen LogP contribution in [-0.4, -0.2) is 19.9 Å². The zero-order chi connectivity index (χ0) is 26.0. The minimum absolute atomic E-state index is 0.214. The molecule has 0 saturated carbocycles. The van der Waals surface area contributed by atoms with E-state index in [9.17, 15) is 17.6 Å². The lowest BCUT2D eigenvalue weighted by Gasteiger charge is -2.10. The van der Waals surface area contributed by atoms with Crippen LogP contribution in [-0.2, 0) is 6.18 Å². The number of nitrogens with zero attached hydrogens (tertiary/aromatic N) is 5. The molecule has 0 aliphatic rings. The Balaban J connectivity index is 1.63. The predicted molar refractivity (Wildman–Crippen MR) is 136 cm³/mol. The molecule has 0 saturated heterocycles. The molecule has 37 heavy (non-hydrogen) atoms. The Bertz CT molecular complexity index is 1610. The van der Waals surface area contributed by atoms with E-state index in [1.807, 2.05) is 35.0 Å². The quantitative estimate of drug-likeness (QED) is 0.180. The minimum atomic E-state index is -4.56. The number of benzene rings is 3. The predicted octanol–water partition coefficient (Wildman–Crippen LogP) is 7.06. The summed E-state index contributed by atoms with van der Waals surface area (Å²) in [4.78, 5) is 8.63. The van der Waals surface area contributed by atoms with E-state index in [1.54, 1.807) is 37.0 Å². The average molecular weight is 522 g/mol. The first kappa shape index (κ1) is 24.4. The van der Waals surface area contributed by atoms with E-state index in [0.717, 1.165) is 28.7 Å². The SMILES string of the molecule is C/C(=N/n1c(-c2ccc(F)cc2)csc1=Nc1ccccc1C(F)(F)F)c1ccc(-n2ccnc2)cc1. The largest absolute Gasteiger partial charge is 0.418 e. The topological polar surface area (TPSA) is 47.5 Å². The van der Waals surface area contributed by atoms with Gasteiger partial charge in [0.2, 0.25) is 4.80 Å². The van der Waals surface area contributed by atoms with Gasteiger partial charge in [0.1, 0.15) is 5.82 Å². The molecule has 2 heterocycles. The van der Waals surface area contributed by atoms with Crippen molar-refractivity contribution in [3.63, 3.8) is 0 Å². The molecule has 10 heteroatoms. The normalized spacial score (nSPS) is 12.8. The van der Waals surface area contributed by atoms with Crippen molar-refractivity contribution in [2.75, 3.05) is 0 Å². The van der Waals surface area contributed by atoms with Crippen molar-refractivity contribution < 1.29 is 17.6 Å². The summed E-state index contributed by atoms with van der Waals surface area (Å²) >= 11 is 1.15. The molecular weight excluding hydrogens is 502 g/mol. The van der Waals surface area contributed by atoms with Gasteiger partial charge in [-0.3, -0.25) is 0 Å². The summed E-state index contributed by atoms with van der Waals surface area (Å²) in [5, 5.41) is 6.46. The maximum absolute atomic E-state index is 13.6. The van der Waals surface area contributed by atoms with Crippen molar-refractivity contribution in [1.82, 2.24) is 14.2 Å². The van der Waals surface area contributed by atoms with Gasteiger partial charge in [-0.05, 0) is 61.0 Å². The second-order valence-electron chi connectivity index (χ2n) is 8.05. The highest BCUT2D eigenvalue weighted by atomic mass is 32.1. The number of halogens is 4. The summed E-state index contributed by atoms with van der Waals surface area (Å²) in [6.07, 6.45) is 0.655. The summed E-state index contributed by atoms with van der Waals surface area (Å²) in [6.45, 7) is 1.80. The molecule has 5 nitrogen and oxygen atoms in total. The Morgan fingerprint density at radius 1 is 0.946 bits per heavy atom. The number of aromatic nitrogens is 3. The number of alkyl halides is 3. The Morgan fingerprint density at radius 2 is 1.68 bits per heavy atom. The van der Waals surface area contributed by atoms with E-state index in [-0.39, 0.29) is 10.5 Å². The molecule has 3 aromatic carbocycles. The molecular formula is C27H19F4N5S. The van der Waals surface area contributed by atoms with Crippen LogP contribution in [0.4, 0.5) is 23.2 Å². The molecule has 0 fully saturated rings. The molecule has 0 N–H and O–H groups in total. The van der Waals surface area contributed by atoms with Crippen LogP contribution in [0.3, 0.4) is 0 Å². The van der Waals surface area contributed by atoms with Gasteiger partial charge in [0.05, 0.1) is 29.0 Å². The summed E-state index contributed by atoms with van der Waals surface area (Å²) < 4.78 is 57.7. The van der Waals surface area contributed by atoms with Crippen LogP contribution in [0.15, 0.2) is 107 Å². The standard InChI is InChI=1S/C27H19F4N5S/c1-18(19-8-12-22(13-9-19)35-15-14-32-17-35)34-36-25(20-6-10-21(28)11-7-20)16-37-26(36)33-24-5-3-2-4-23(24)27(29,30)31/h2-17H,1H3/b33-26?,34-18-. The first-order valence-corrected chi connectivity index (χ1v) is 12.0. The molecule has 2 aromatic heterocycles. The van der Waals surface area contributed by atoms with Gasteiger partial charge in [-0.2, -0.15) is 18.3 Å². The van der Waals surface area contributed by atoms with Gasteiger partial charge in [-0.25, -0.2) is 19.0 Å². The van der Waals surface area contributed by atoms with E-state index < -0.39 is 17.6 Å². The van der Waals surface area contributed by atoms with Crippen molar-refractivity contribution in [3.8, 4) is 16.9 Å². The smallest absolute Gasteiger partial charge is 0.306 e. The Morgan fingerprint density at radius 3 is 2.35 bits per heavy atom. The lowest BCUT2D eigenvalue weighted by Crippen LogP contribution is -2.14. The van der Waals surface area contributed by atoms with Crippen molar-refractivity contribution in [2.45, 2.75) is 13.1 Å². The fourth-order valence-corrected chi connectivity index (χ4v) is 4.54. The molecule has 0 aliphatic heterocycles. The van der Waals surface area contributed by atoms with Gasteiger partial charge < -0.3 is 4.57 Å². The van der Waals surface area contributed by atoms with Crippen LogP contribution in [0.2, 0.25) is 0 Å². The zero-order valence-corrected chi connectivity index (χ0v) is 20.2. The van der Waals surface area contributed by atoms with Gasteiger partial charge in [-0.15, -0.1) is 11.3 Å². The molecule has 0 aliphatic carbocycles. The third kappa shape index (κ3) is 5.29. The maximum Gasteiger partial charge on any atom is 0.418 e. The van der Waals surface area contributed by atoms with Crippen molar-refractivity contribution in [2.24, 2.45) is 10.1 Å². The second-order valence-corrected chi connectivity index (χ2v) is 8.89. The average Bonchev–Trinajstić information content (AvgIpc) is 3.56. The highest BCUT2D eigenvalue weighted by Gasteiger charge is 2.33. The van der Waals surface area contributed by atoms with E-state index in [4.69, 9.17) is 5.10 Å². The molecule has 0 amide bonds. The van der Waals surface area contributed by atoms with Crippen LogP contribution >= 0.6 is 11.3 Å². The van der Waals surface area contributed by atoms with Gasteiger partial charge in [0.15, 0.2) is 0 Å². The van der Waals surface area contributed by atoms with Gasteiger partial charge in [0, 0.05) is 29.0 Å². The molecule has 0 radical (unpaired) electrons. The number of hydrogen-bond donors (Lipinski definition) is 0. The number of hydrogen-bond acceptors (Lipinski definition) is 4. The molecule has 186 valence electrons. The Labute approximate surface area is 213 Å². The van der Waals surface area contributed by atoms with Crippen LogP contribution < -0.4 is 4.80 Å². The lowest BCUT2D eigenvalue weighted by molar-refractivity contribution is -0.137. The van der Waals surface area contributed by atoms with Crippen LogP contribution in [0, 0.1) is 5.82 Å². The van der Waals surface area contributed by atoms with Gasteiger partial charge in [0.25, 0.3) is 0 Å². The third-order valence-corrected chi connectivity index (χ3v) is 6.40. The second kappa shape index (κ2) is 9.98. The van der Waals surface area contributed by atoms with E-state index >= 15 is 0 Å². The highest BCUT2D eigenvalue weighted by molar-refractivity contribution is 7.07. The van der Waals surface area contributed by atoms with Crippen molar-refractivity contribution in [3.05, 3.63) is 119 Å². The van der Waals surface area contributed by atoms with Crippen molar-refractivity contribution in [1.29, 1.82) is 0 Å². The number of imidazole rings is 1. The molecule has 0 bridgehead atoms. The zero-order valence-electron chi connectivity index (χ0n) is 19.4. The van der Waals surface area contributed by atoms with Crippen molar-refractivity contribution >= 4 is 22.7 Å². The summed E-state index contributed by atoms with van der Waals surface area (Å²) in [5.74, 6) is -0.396. The number of para-hydroxylation sites is 1. The number of rotatable bonds is 5. The molecule has 0 spiro atoms. The first-order valence-electron chi connectivity index (χ1n) is 11.1. The van der Waals surface area contributed by atoms with E-state index in [2.05, 4.69) is 9.98 Å². The highest BCUT2D eigenvalue weighted by Crippen LogP contribution is 2.36. The first-order chi connectivity index (χ1) is 17.8. The van der Waals surface area contributed by atoms with Crippen LogP contribution in [0.5, 0.6) is 0 Å².